The van der Waals surface area contributed by atoms with Gasteiger partial charge in [-0.05, 0) is 33.3 Å². The highest BCUT2D eigenvalue weighted by atomic mass is 16.3. The molecule has 0 saturated carbocycles. The third-order valence-electron chi connectivity index (χ3n) is 3.21. The minimum atomic E-state index is -0.766. The van der Waals surface area contributed by atoms with Crippen molar-refractivity contribution in [3.05, 3.63) is 35.9 Å². The van der Waals surface area contributed by atoms with Crippen LogP contribution in [0.15, 0.2) is 30.3 Å². The fraction of sp³-hybridized carbons (Fsp3) is 0.600. The van der Waals surface area contributed by atoms with E-state index in [1.54, 1.807) is 0 Å². The van der Waals surface area contributed by atoms with Crippen LogP contribution in [0, 0.1) is 0 Å². The first-order valence-corrected chi connectivity index (χ1v) is 6.60. The van der Waals surface area contributed by atoms with Crippen LogP contribution in [0.1, 0.15) is 39.3 Å². The van der Waals surface area contributed by atoms with E-state index in [4.69, 9.17) is 0 Å². The summed E-state index contributed by atoms with van der Waals surface area (Å²) in [7, 11) is 0. The van der Waals surface area contributed by atoms with Gasteiger partial charge in [0.05, 0.1) is 18.8 Å². The van der Waals surface area contributed by atoms with Gasteiger partial charge in [0, 0.05) is 12.1 Å². The Morgan fingerprint density at radius 1 is 1.00 bits per heavy atom. The molecule has 2 atom stereocenters. The third-order valence-corrected chi connectivity index (χ3v) is 3.21. The molecule has 3 heteroatoms. The molecule has 0 aliphatic rings. The molecule has 0 amide bonds. The van der Waals surface area contributed by atoms with Crippen molar-refractivity contribution in [1.29, 1.82) is 0 Å². The summed E-state index contributed by atoms with van der Waals surface area (Å²) in [5, 5.41) is 19.4. The number of hydrogen-bond donors (Lipinski definition) is 2. The zero-order valence-electron chi connectivity index (χ0n) is 11.7. The molecule has 1 aromatic carbocycles. The first kappa shape index (κ1) is 15.2. The zero-order valence-corrected chi connectivity index (χ0v) is 11.7. The van der Waals surface area contributed by atoms with E-state index in [9.17, 15) is 10.2 Å². The van der Waals surface area contributed by atoms with Gasteiger partial charge in [-0.1, -0.05) is 30.3 Å². The van der Waals surface area contributed by atoms with Crippen molar-refractivity contribution < 1.29 is 10.2 Å². The Balaban J connectivity index is 3.12. The molecular formula is C15H25NO2. The number of nitrogens with zero attached hydrogens (tertiary/aromatic N) is 1. The maximum Gasteiger partial charge on any atom is 0.0967 e. The lowest BCUT2D eigenvalue weighted by Gasteiger charge is -2.40. The molecule has 0 saturated heterocycles. The summed E-state index contributed by atoms with van der Waals surface area (Å²) >= 11 is 0. The van der Waals surface area contributed by atoms with E-state index in [0.29, 0.717) is 12.1 Å². The van der Waals surface area contributed by atoms with Crippen LogP contribution in [0.2, 0.25) is 0 Å². The predicted molar refractivity (Wildman–Crippen MR) is 74.4 cm³/mol. The average molecular weight is 251 g/mol. The van der Waals surface area contributed by atoms with Gasteiger partial charge in [0.25, 0.3) is 0 Å². The van der Waals surface area contributed by atoms with Gasteiger partial charge in [0.2, 0.25) is 0 Å². The number of aliphatic hydroxyl groups excluding tert-OH is 2. The van der Waals surface area contributed by atoms with Crippen molar-refractivity contribution in [2.75, 3.05) is 6.61 Å². The molecular weight excluding hydrogens is 226 g/mol. The van der Waals surface area contributed by atoms with E-state index in [1.165, 1.54) is 0 Å². The zero-order chi connectivity index (χ0) is 13.7. The minimum Gasteiger partial charge on any atom is -0.394 e. The fourth-order valence-corrected chi connectivity index (χ4v) is 2.58. The van der Waals surface area contributed by atoms with Gasteiger partial charge >= 0.3 is 0 Å². The smallest absolute Gasteiger partial charge is 0.0967 e. The van der Waals surface area contributed by atoms with Crippen LogP contribution in [0.5, 0.6) is 0 Å². The lowest BCUT2D eigenvalue weighted by atomic mass is 9.97. The number of hydrogen-bond acceptors (Lipinski definition) is 3. The maximum absolute atomic E-state index is 10.1. The van der Waals surface area contributed by atoms with Crippen LogP contribution in [0.4, 0.5) is 0 Å². The van der Waals surface area contributed by atoms with Gasteiger partial charge in [0.1, 0.15) is 0 Å². The van der Waals surface area contributed by atoms with Crippen LogP contribution in [0.3, 0.4) is 0 Å². The van der Waals surface area contributed by atoms with Gasteiger partial charge in [-0.2, -0.15) is 0 Å². The Kier molecular flexibility index (Phi) is 5.79. The first-order chi connectivity index (χ1) is 8.49. The van der Waals surface area contributed by atoms with E-state index in [2.05, 4.69) is 32.6 Å². The lowest BCUT2D eigenvalue weighted by Crippen LogP contribution is -2.46. The largest absolute Gasteiger partial charge is 0.394 e. The normalized spacial score (nSPS) is 15.4. The van der Waals surface area contributed by atoms with E-state index in [-0.39, 0.29) is 12.6 Å². The van der Waals surface area contributed by atoms with Gasteiger partial charge in [-0.25, -0.2) is 0 Å². The summed E-state index contributed by atoms with van der Waals surface area (Å²) in [6.45, 7) is 8.22. The van der Waals surface area contributed by atoms with Crippen LogP contribution < -0.4 is 0 Å². The summed E-state index contributed by atoms with van der Waals surface area (Å²) < 4.78 is 0. The van der Waals surface area contributed by atoms with E-state index in [1.807, 2.05) is 30.3 Å². The predicted octanol–water partition coefficient (Wildman–Crippen LogP) is 2.20. The van der Waals surface area contributed by atoms with E-state index in [0.717, 1.165) is 5.56 Å². The molecule has 2 N–H and O–H groups in total. The van der Waals surface area contributed by atoms with Crippen molar-refractivity contribution in [1.82, 2.24) is 4.90 Å². The second-order valence-electron chi connectivity index (χ2n) is 5.24. The molecule has 18 heavy (non-hydrogen) atoms. The van der Waals surface area contributed by atoms with Crippen LogP contribution >= 0.6 is 0 Å². The van der Waals surface area contributed by atoms with Crippen LogP contribution in [0.25, 0.3) is 0 Å². The van der Waals surface area contributed by atoms with Crippen LogP contribution in [-0.4, -0.2) is 39.9 Å². The standard InChI is InChI=1S/C15H25NO2/c1-11(2)16(12(3)4)15(14(18)10-17)13-8-6-5-7-9-13/h5-9,11-12,14-15,17-18H,10H2,1-4H3/t14-,15-/m0/s1. The Morgan fingerprint density at radius 3 is 1.89 bits per heavy atom. The monoisotopic (exact) mass is 251 g/mol. The second kappa shape index (κ2) is 6.88. The molecule has 0 unspecified atom stereocenters. The van der Waals surface area contributed by atoms with Gasteiger partial charge in [0.15, 0.2) is 0 Å². The summed E-state index contributed by atoms with van der Waals surface area (Å²) in [5.74, 6) is 0. The highest BCUT2D eigenvalue weighted by molar-refractivity contribution is 5.20. The molecule has 0 aromatic heterocycles. The molecule has 0 spiro atoms. The van der Waals surface area contributed by atoms with Gasteiger partial charge in [-0.3, -0.25) is 4.90 Å². The summed E-state index contributed by atoms with van der Waals surface area (Å²) in [5.41, 5.74) is 1.04. The second-order valence-corrected chi connectivity index (χ2v) is 5.24. The maximum atomic E-state index is 10.1. The molecule has 1 rings (SSSR count). The van der Waals surface area contributed by atoms with Gasteiger partial charge in [-0.15, -0.1) is 0 Å². The van der Waals surface area contributed by atoms with Gasteiger partial charge < -0.3 is 10.2 Å². The summed E-state index contributed by atoms with van der Waals surface area (Å²) in [6, 6.07) is 10.3. The Hall–Kier alpha value is -0.900. The summed E-state index contributed by atoms with van der Waals surface area (Å²) in [6.07, 6.45) is -0.766. The number of rotatable bonds is 6. The highest BCUT2D eigenvalue weighted by Crippen LogP contribution is 2.28. The third kappa shape index (κ3) is 3.55. The van der Waals surface area contributed by atoms with Crippen LogP contribution in [-0.2, 0) is 0 Å². The minimum absolute atomic E-state index is 0.170. The SMILES string of the molecule is CC(C)N(C(C)C)[C@@H](c1ccccc1)[C@@H](O)CO. The molecule has 0 bridgehead atoms. The van der Waals surface area contributed by atoms with Crippen molar-refractivity contribution >= 4 is 0 Å². The first-order valence-electron chi connectivity index (χ1n) is 6.60. The Morgan fingerprint density at radius 2 is 1.50 bits per heavy atom. The lowest BCUT2D eigenvalue weighted by molar-refractivity contribution is -0.0166. The topological polar surface area (TPSA) is 43.7 Å². The highest BCUT2D eigenvalue weighted by Gasteiger charge is 2.30. The molecule has 0 aliphatic carbocycles. The van der Waals surface area contributed by atoms with E-state index < -0.39 is 6.10 Å². The molecule has 0 fully saturated rings. The average Bonchev–Trinajstić information content (AvgIpc) is 2.34. The summed E-state index contributed by atoms with van der Waals surface area (Å²) in [4.78, 5) is 2.23. The van der Waals surface area contributed by atoms with Crippen molar-refractivity contribution in [2.45, 2.75) is 51.9 Å². The Labute approximate surface area is 110 Å². The van der Waals surface area contributed by atoms with Crippen molar-refractivity contribution in [3.8, 4) is 0 Å². The molecule has 0 heterocycles. The van der Waals surface area contributed by atoms with E-state index >= 15 is 0 Å². The van der Waals surface area contributed by atoms with Crippen molar-refractivity contribution in [2.24, 2.45) is 0 Å². The number of aliphatic hydroxyl groups is 2. The quantitative estimate of drug-likeness (QED) is 0.814. The number of benzene rings is 1. The molecule has 0 radical (unpaired) electrons. The van der Waals surface area contributed by atoms with Crippen molar-refractivity contribution in [3.63, 3.8) is 0 Å². The fourth-order valence-electron chi connectivity index (χ4n) is 2.58. The molecule has 102 valence electrons. The molecule has 0 aliphatic heterocycles. The molecule has 3 nitrogen and oxygen atoms in total. The Bertz CT molecular complexity index is 330. The molecule has 1 aromatic rings.